The summed E-state index contributed by atoms with van der Waals surface area (Å²) in [4.78, 5) is 21.1. The van der Waals surface area contributed by atoms with Crippen molar-refractivity contribution in [2.45, 2.75) is 18.9 Å². The third-order valence-corrected chi connectivity index (χ3v) is 1.46. The number of carboxylic acids is 1. The second-order valence-electron chi connectivity index (χ2n) is 2.09. The molecule has 0 amide bonds. The number of rotatable bonds is 4. The minimum Gasteiger partial charge on any atom is -0.479 e. The second kappa shape index (κ2) is 3.30. The zero-order chi connectivity index (χ0) is 9.07. The van der Waals surface area contributed by atoms with Gasteiger partial charge in [-0.3, -0.25) is 4.79 Å². The number of carbonyl (C=O) groups is 2. The highest BCUT2D eigenvalue weighted by Gasteiger charge is 2.40. The molecule has 0 aromatic carbocycles. The van der Waals surface area contributed by atoms with Gasteiger partial charge in [0.05, 0.1) is 0 Å². The highest BCUT2D eigenvalue weighted by molar-refractivity contribution is 6.11. The molecule has 4 nitrogen and oxygen atoms in total. The maximum atomic E-state index is 10.8. The molecular weight excluding hydrogens is 148 g/mol. The van der Waals surface area contributed by atoms with Gasteiger partial charge < -0.3 is 10.2 Å². The summed E-state index contributed by atoms with van der Waals surface area (Å²) < 4.78 is 0. The van der Waals surface area contributed by atoms with Gasteiger partial charge in [0.25, 0.3) is 0 Å². The van der Waals surface area contributed by atoms with Crippen molar-refractivity contribution < 1.29 is 19.8 Å². The van der Waals surface area contributed by atoms with E-state index in [2.05, 4.69) is 6.58 Å². The van der Waals surface area contributed by atoms with Crippen LogP contribution in [-0.2, 0) is 9.59 Å². The first kappa shape index (κ1) is 9.84. The Kier molecular flexibility index (Phi) is 2.95. The van der Waals surface area contributed by atoms with Gasteiger partial charge >= 0.3 is 5.97 Å². The summed E-state index contributed by atoms with van der Waals surface area (Å²) in [5.74, 6) is -2.42. The molecule has 0 aromatic heterocycles. The van der Waals surface area contributed by atoms with E-state index in [4.69, 9.17) is 10.2 Å². The summed E-state index contributed by atoms with van der Waals surface area (Å²) in [6, 6.07) is 0. The van der Waals surface area contributed by atoms with Gasteiger partial charge in [-0.25, -0.2) is 4.79 Å². The molecule has 0 aliphatic heterocycles. The van der Waals surface area contributed by atoms with Gasteiger partial charge in [0.15, 0.2) is 5.78 Å². The molecule has 0 saturated carbocycles. The van der Waals surface area contributed by atoms with Gasteiger partial charge in [0, 0.05) is 0 Å². The van der Waals surface area contributed by atoms with Crippen molar-refractivity contribution in [3.63, 3.8) is 0 Å². The molecule has 11 heavy (non-hydrogen) atoms. The Labute approximate surface area is 64.2 Å². The number of ketones is 1. The van der Waals surface area contributed by atoms with Crippen molar-refractivity contribution >= 4 is 11.8 Å². The van der Waals surface area contributed by atoms with Crippen molar-refractivity contribution in [2.24, 2.45) is 0 Å². The van der Waals surface area contributed by atoms with E-state index in [1.165, 1.54) is 6.92 Å². The second-order valence-corrected chi connectivity index (χ2v) is 2.09. The van der Waals surface area contributed by atoms with E-state index in [0.717, 1.165) is 6.08 Å². The van der Waals surface area contributed by atoms with Crippen LogP contribution < -0.4 is 0 Å². The van der Waals surface area contributed by atoms with Crippen LogP contribution in [0, 0.1) is 0 Å². The molecule has 0 spiro atoms. The molecule has 0 aliphatic carbocycles. The van der Waals surface area contributed by atoms with E-state index in [-0.39, 0.29) is 6.42 Å². The lowest BCUT2D eigenvalue weighted by Gasteiger charge is -2.17. The Morgan fingerprint density at radius 2 is 2.09 bits per heavy atom. The summed E-state index contributed by atoms with van der Waals surface area (Å²) in [5, 5.41) is 17.6. The number of aliphatic carboxylic acids is 1. The maximum Gasteiger partial charge on any atom is 0.343 e. The predicted octanol–water partition coefficient (Wildman–Crippen LogP) is -0.0328. The molecule has 0 heterocycles. The van der Waals surface area contributed by atoms with Gasteiger partial charge in [0.2, 0.25) is 5.60 Å². The smallest absolute Gasteiger partial charge is 0.343 e. The van der Waals surface area contributed by atoms with Crippen LogP contribution in [0.15, 0.2) is 12.7 Å². The van der Waals surface area contributed by atoms with Crippen molar-refractivity contribution in [3.8, 4) is 0 Å². The Morgan fingerprint density at radius 3 is 2.18 bits per heavy atom. The molecule has 0 radical (unpaired) electrons. The minimum absolute atomic E-state index is 0.160. The normalized spacial score (nSPS) is 15.1. The number of hydrogen-bond donors (Lipinski definition) is 2. The standard InChI is InChI=1S/C7H10O4/c1-3-5(8)7(11,4-2)6(9)10/h3,11H,1,4H2,2H3,(H,9,10). The molecule has 4 heteroatoms. The molecule has 1 unspecified atom stereocenters. The van der Waals surface area contributed by atoms with E-state index in [1.807, 2.05) is 0 Å². The summed E-state index contributed by atoms with van der Waals surface area (Å²) in [6.07, 6.45) is 0.644. The first-order chi connectivity index (χ1) is 4.99. The Bertz CT molecular complexity index is 197. The summed E-state index contributed by atoms with van der Waals surface area (Å²) >= 11 is 0. The van der Waals surface area contributed by atoms with Crippen molar-refractivity contribution in [2.75, 3.05) is 0 Å². The topological polar surface area (TPSA) is 74.6 Å². The van der Waals surface area contributed by atoms with Crippen LogP contribution in [0.4, 0.5) is 0 Å². The number of aliphatic hydroxyl groups is 1. The van der Waals surface area contributed by atoms with Gasteiger partial charge in [-0.1, -0.05) is 13.5 Å². The quantitative estimate of drug-likeness (QED) is 0.445. The summed E-state index contributed by atoms with van der Waals surface area (Å²) in [7, 11) is 0. The SMILES string of the molecule is C=CC(=O)C(O)(CC)C(=O)O. The zero-order valence-electron chi connectivity index (χ0n) is 6.20. The Hall–Kier alpha value is -1.16. The fourth-order valence-corrected chi connectivity index (χ4v) is 0.600. The van der Waals surface area contributed by atoms with E-state index in [9.17, 15) is 9.59 Å². The lowest BCUT2D eigenvalue weighted by molar-refractivity contribution is -0.163. The van der Waals surface area contributed by atoms with Crippen LogP contribution >= 0.6 is 0 Å². The van der Waals surface area contributed by atoms with Crippen molar-refractivity contribution in [3.05, 3.63) is 12.7 Å². The van der Waals surface area contributed by atoms with E-state index < -0.39 is 17.4 Å². The average Bonchev–Trinajstić information content (AvgIpc) is 2.01. The van der Waals surface area contributed by atoms with Gasteiger partial charge in [-0.15, -0.1) is 0 Å². The third-order valence-electron chi connectivity index (χ3n) is 1.46. The Balaban J connectivity index is 4.73. The fourth-order valence-electron chi connectivity index (χ4n) is 0.600. The first-order valence-electron chi connectivity index (χ1n) is 3.11. The molecular formula is C7H10O4. The van der Waals surface area contributed by atoms with Crippen LogP contribution in [0.5, 0.6) is 0 Å². The minimum atomic E-state index is -2.29. The van der Waals surface area contributed by atoms with Crippen molar-refractivity contribution in [1.82, 2.24) is 0 Å². The fraction of sp³-hybridized carbons (Fsp3) is 0.429. The van der Waals surface area contributed by atoms with Gasteiger partial charge in [0.1, 0.15) is 0 Å². The lowest BCUT2D eigenvalue weighted by Crippen LogP contribution is -2.45. The lowest BCUT2D eigenvalue weighted by atomic mass is 9.95. The highest BCUT2D eigenvalue weighted by atomic mass is 16.4. The van der Waals surface area contributed by atoms with E-state index in [0.29, 0.717) is 0 Å². The predicted molar refractivity (Wildman–Crippen MR) is 38.1 cm³/mol. The van der Waals surface area contributed by atoms with Gasteiger partial charge in [-0.05, 0) is 12.5 Å². The molecule has 0 aromatic rings. The van der Waals surface area contributed by atoms with Crippen LogP contribution in [0.1, 0.15) is 13.3 Å². The van der Waals surface area contributed by atoms with E-state index in [1.54, 1.807) is 0 Å². The molecule has 62 valence electrons. The number of carbonyl (C=O) groups excluding carboxylic acids is 1. The molecule has 2 N–H and O–H groups in total. The molecule has 1 atom stereocenters. The molecule has 0 aliphatic rings. The summed E-state index contributed by atoms with van der Waals surface area (Å²) in [5.41, 5.74) is -2.29. The third kappa shape index (κ3) is 1.65. The van der Waals surface area contributed by atoms with Crippen molar-refractivity contribution in [1.29, 1.82) is 0 Å². The average molecular weight is 158 g/mol. The monoisotopic (exact) mass is 158 g/mol. The molecule has 0 bridgehead atoms. The maximum absolute atomic E-state index is 10.8. The van der Waals surface area contributed by atoms with Crippen LogP contribution in [0.3, 0.4) is 0 Å². The summed E-state index contributed by atoms with van der Waals surface area (Å²) in [6.45, 7) is 4.50. The van der Waals surface area contributed by atoms with Crippen LogP contribution in [-0.4, -0.2) is 27.6 Å². The van der Waals surface area contributed by atoms with E-state index >= 15 is 0 Å². The molecule has 0 saturated heterocycles. The highest BCUT2D eigenvalue weighted by Crippen LogP contribution is 2.11. The van der Waals surface area contributed by atoms with Crippen LogP contribution in [0.2, 0.25) is 0 Å². The zero-order valence-corrected chi connectivity index (χ0v) is 6.20. The van der Waals surface area contributed by atoms with Crippen LogP contribution in [0.25, 0.3) is 0 Å². The molecule has 0 fully saturated rings. The largest absolute Gasteiger partial charge is 0.479 e. The molecule has 0 rings (SSSR count). The first-order valence-corrected chi connectivity index (χ1v) is 3.11. The van der Waals surface area contributed by atoms with Gasteiger partial charge in [-0.2, -0.15) is 0 Å². The Morgan fingerprint density at radius 1 is 1.64 bits per heavy atom. The number of carboxylic acid groups (broad SMARTS) is 1. The number of hydrogen-bond acceptors (Lipinski definition) is 3.